The number of hydroxylamine groups is 2. The number of hydrogen-bond acceptors (Lipinski definition) is 5. The zero-order chi connectivity index (χ0) is 22.6. The molecule has 0 fully saturated rings. The Morgan fingerprint density at radius 2 is 1.37 bits per heavy atom. The van der Waals surface area contributed by atoms with Crippen LogP contribution in [0.25, 0.3) is 0 Å². The van der Waals surface area contributed by atoms with Gasteiger partial charge in [0.15, 0.2) is 0 Å². The van der Waals surface area contributed by atoms with Crippen LogP contribution in [0.3, 0.4) is 0 Å². The molecule has 0 aliphatic carbocycles. The highest BCUT2D eigenvalue weighted by atomic mass is 31.1. The van der Waals surface area contributed by atoms with Crippen LogP contribution >= 0.6 is 8.69 Å². The summed E-state index contributed by atoms with van der Waals surface area (Å²) in [5.74, 6) is 0. The molecule has 0 bridgehead atoms. The minimum Gasteiger partial charge on any atom is -0.382 e. The minimum atomic E-state index is -0.304. The lowest BCUT2D eigenvalue weighted by Gasteiger charge is -2.20. The van der Waals surface area contributed by atoms with Crippen LogP contribution in [0.5, 0.6) is 0 Å². The van der Waals surface area contributed by atoms with Gasteiger partial charge in [-0.2, -0.15) is 5.06 Å². The van der Waals surface area contributed by atoms with E-state index in [0.717, 1.165) is 26.1 Å². The second kappa shape index (κ2) is 19.3. The highest BCUT2D eigenvalue weighted by molar-refractivity contribution is 7.17. The molecule has 0 saturated heterocycles. The number of ether oxygens (including phenoxy) is 1. The molecule has 0 radical (unpaired) electrons. The Morgan fingerprint density at radius 3 is 1.73 bits per heavy atom. The van der Waals surface area contributed by atoms with Crippen LogP contribution in [0.2, 0.25) is 0 Å². The van der Waals surface area contributed by atoms with Crippen molar-refractivity contribution < 1.29 is 13.9 Å². The fraction of sp³-hybridized carbons (Fsp3) is 0.500. The summed E-state index contributed by atoms with van der Waals surface area (Å²) in [5.41, 5.74) is 2.65. The van der Waals surface area contributed by atoms with Gasteiger partial charge in [0, 0.05) is 32.3 Å². The van der Waals surface area contributed by atoms with Gasteiger partial charge in [0.05, 0.1) is 0 Å². The molecular formula is C24H39N2O3P. The van der Waals surface area contributed by atoms with E-state index < -0.39 is 0 Å². The molecule has 168 valence electrons. The van der Waals surface area contributed by atoms with Crippen molar-refractivity contribution in [3.8, 4) is 0 Å². The van der Waals surface area contributed by atoms with Crippen LogP contribution in [0.15, 0.2) is 60.7 Å². The Hall–Kier alpha value is -1.62. The number of hydrogen-bond donors (Lipinski definition) is 1. The van der Waals surface area contributed by atoms with Crippen LogP contribution in [0.1, 0.15) is 38.8 Å². The molecular weight excluding hydrogens is 395 g/mol. The molecule has 1 N–H and O–H groups in total. The minimum absolute atomic E-state index is 0.207. The van der Waals surface area contributed by atoms with Crippen LogP contribution in [-0.2, 0) is 26.8 Å². The zero-order valence-electron chi connectivity index (χ0n) is 19.4. The second-order valence-corrected chi connectivity index (χ2v) is 7.21. The molecule has 0 heterocycles. The van der Waals surface area contributed by atoms with Gasteiger partial charge in [-0.05, 0) is 58.7 Å². The van der Waals surface area contributed by atoms with Crippen molar-refractivity contribution in [1.82, 2.24) is 10.4 Å². The molecule has 0 aliphatic rings. The Balaban J connectivity index is 0.000000468. The summed E-state index contributed by atoms with van der Waals surface area (Å²) < 4.78 is 19.9. The predicted octanol–water partition coefficient (Wildman–Crippen LogP) is 5.57. The van der Waals surface area contributed by atoms with E-state index in [1.165, 1.54) is 11.1 Å². The smallest absolute Gasteiger partial charge is 0.346 e. The Morgan fingerprint density at radius 1 is 0.900 bits per heavy atom. The fourth-order valence-electron chi connectivity index (χ4n) is 2.49. The van der Waals surface area contributed by atoms with E-state index >= 15 is 0 Å². The zero-order valence-corrected chi connectivity index (χ0v) is 20.3. The van der Waals surface area contributed by atoms with Gasteiger partial charge in [-0.15, -0.1) is 0 Å². The Kier molecular flexibility index (Phi) is 18.3. The monoisotopic (exact) mass is 434 g/mol. The summed E-state index contributed by atoms with van der Waals surface area (Å²) in [7, 11) is 3.47. The second-order valence-electron chi connectivity index (χ2n) is 6.90. The molecule has 0 amide bonds. The van der Waals surface area contributed by atoms with E-state index in [2.05, 4.69) is 48.6 Å². The van der Waals surface area contributed by atoms with Crippen molar-refractivity contribution in [3.05, 3.63) is 71.8 Å². The van der Waals surface area contributed by atoms with Crippen molar-refractivity contribution in [1.29, 1.82) is 0 Å². The first-order valence-electron chi connectivity index (χ1n) is 10.5. The predicted molar refractivity (Wildman–Crippen MR) is 127 cm³/mol. The maximum absolute atomic E-state index is 10.2. The van der Waals surface area contributed by atoms with Crippen LogP contribution < -0.4 is 5.32 Å². The molecule has 2 aromatic rings. The summed E-state index contributed by atoms with van der Waals surface area (Å²) in [5, 5.41) is 4.81. The van der Waals surface area contributed by atoms with Crippen molar-refractivity contribution in [3.63, 3.8) is 0 Å². The third kappa shape index (κ3) is 15.3. The van der Waals surface area contributed by atoms with E-state index in [4.69, 9.17) is 9.36 Å². The first-order valence-corrected chi connectivity index (χ1v) is 11.3. The molecule has 30 heavy (non-hydrogen) atoms. The number of benzene rings is 2. The van der Waals surface area contributed by atoms with Crippen molar-refractivity contribution in [2.45, 2.75) is 52.6 Å². The average Bonchev–Trinajstić information content (AvgIpc) is 2.76. The summed E-state index contributed by atoms with van der Waals surface area (Å²) in [4.78, 5) is 0. The van der Waals surface area contributed by atoms with Crippen molar-refractivity contribution in [2.75, 3.05) is 27.3 Å². The number of nitrogens with zero attached hydrogens (tertiary/aromatic N) is 1. The molecule has 5 nitrogen and oxygen atoms in total. The van der Waals surface area contributed by atoms with Gasteiger partial charge in [-0.3, -0.25) is 0 Å². The van der Waals surface area contributed by atoms with Gasteiger partial charge in [-0.1, -0.05) is 60.7 Å². The Labute approximate surface area is 185 Å². The normalized spacial score (nSPS) is 12.4. The Bertz CT molecular complexity index is 627. The van der Waals surface area contributed by atoms with E-state index in [1.54, 1.807) is 12.1 Å². The molecule has 6 heteroatoms. The molecule has 2 aromatic carbocycles. The summed E-state index contributed by atoms with van der Waals surface area (Å²) in [6, 6.07) is 21.5. The van der Waals surface area contributed by atoms with Crippen LogP contribution in [0.4, 0.5) is 0 Å². The van der Waals surface area contributed by atoms with Gasteiger partial charge < -0.3 is 10.1 Å². The summed E-state index contributed by atoms with van der Waals surface area (Å²) in [6.07, 6.45) is 1.99. The van der Waals surface area contributed by atoms with E-state index in [1.807, 2.05) is 52.1 Å². The SMILES string of the molecule is CCOCC.CN[C@@H](C)Cc1ccccc1.C[C@@H](Cc1ccccc1)N(C)OP=O. The molecule has 0 aliphatic heterocycles. The molecule has 2 rings (SSSR count). The number of likely N-dealkylation sites (N-methyl/N-ethyl adjacent to an activating group) is 2. The van der Waals surface area contributed by atoms with Gasteiger partial charge >= 0.3 is 8.69 Å². The number of nitrogens with one attached hydrogen (secondary N) is 1. The lowest BCUT2D eigenvalue weighted by atomic mass is 10.1. The average molecular weight is 435 g/mol. The summed E-state index contributed by atoms with van der Waals surface area (Å²) >= 11 is 0. The highest BCUT2D eigenvalue weighted by Crippen LogP contribution is 2.10. The number of rotatable bonds is 10. The lowest BCUT2D eigenvalue weighted by Crippen LogP contribution is -2.28. The molecule has 0 aromatic heterocycles. The highest BCUT2D eigenvalue weighted by Gasteiger charge is 2.10. The molecule has 0 saturated carbocycles. The van der Waals surface area contributed by atoms with Crippen LogP contribution in [0, 0.1) is 0 Å². The largest absolute Gasteiger partial charge is 0.382 e. The third-order valence-corrected chi connectivity index (χ3v) is 4.77. The maximum atomic E-state index is 10.2. The van der Waals surface area contributed by atoms with E-state index in [0.29, 0.717) is 6.04 Å². The molecule has 0 spiro atoms. The molecule has 2 atom stereocenters. The first-order chi connectivity index (χ1) is 14.5. The lowest BCUT2D eigenvalue weighted by molar-refractivity contribution is -0.0522. The third-order valence-electron chi connectivity index (χ3n) is 4.44. The van der Waals surface area contributed by atoms with Gasteiger partial charge in [0.2, 0.25) is 0 Å². The van der Waals surface area contributed by atoms with Gasteiger partial charge in [0.1, 0.15) is 0 Å². The standard InChI is InChI=1S/C10H14NO2P.C10H15N.C4H10O/c1-9(11(2)13-14-12)8-10-6-4-3-5-7-10;1-9(11-2)8-10-6-4-3-5-7-10;1-3-5-4-2/h3-7,9H,8H2,1-2H3;3-7,9,11H,8H2,1-2H3;3-4H2,1-2H3/t2*9-;/m00./s1. The van der Waals surface area contributed by atoms with Crippen molar-refractivity contribution >= 4 is 8.69 Å². The summed E-state index contributed by atoms with van der Waals surface area (Å²) in [6.45, 7) is 9.88. The maximum Gasteiger partial charge on any atom is 0.346 e. The quantitative estimate of drug-likeness (QED) is 0.391. The van der Waals surface area contributed by atoms with Crippen molar-refractivity contribution in [2.24, 2.45) is 0 Å². The first kappa shape index (κ1) is 28.4. The van der Waals surface area contributed by atoms with E-state index in [-0.39, 0.29) is 14.7 Å². The molecule has 0 unspecified atom stereocenters. The topological polar surface area (TPSA) is 50.8 Å². The van der Waals surface area contributed by atoms with Gasteiger partial charge in [-0.25, -0.2) is 9.19 Å². The van der Waals surface area contributed by atoms with E-state index in [9.17, 15) is 4.57 Å². The van der Waals surface area contributed by atoms with Gasteiger partial charge in [0.25, 0.3) is 0 Å². The van der Waals surface area contributed by atoms with Crippen LogP contribution in [-0.4, -0.2) is 44.5 Å². The fourth-order valence-corrected chi connectivity index (χ4v) is 2.76.